The van der Waals surface area contributed by atoms with Crippen LogP contribution in [0, 0.1) is 0 Å². The zero-order valence-corrected chi connectivity index (χ0v) is 12.3. The van der Waals surface area contributed by atoms with Gasteiger partial charge in [0.25, 0.3) is 0 Å². The first-order chi connectivity index (χ1) is 9.25. The lowest BCUT2D eigenvalue weighted by Gasteiger charge is -2.37. The van der Waals surface area contributed by atoms with E-state index in [1.807, 2.05) is 17.8 Å². The number of hydrogen-bond acceptors (Lipinski definition) is 3. The highest BCUT2D eigenvalue weighted by molar-refractivity contribution is 7.99. The van der Waals surface area contributed by atoms with E-state index in [2.05, 4.69) is 17.1 Å². The summed E-state index contributed by atoms with van der Waals surface area (Å²) in [7, 11) is 0. The number of isocyanates is 1. The van der Waals surface area contributed by atoms with Crippen LogP contribution in [0.15, 0.2) is 23.2 Å². The largest absolute Gasteiger partial charge is 0.235 e. The molecule has 1 aliphatic carbocycles. The van der Waals surface area contributed by atoms with Crippen LogP contribution in [0.25, 0.3) is 0 Å². The van der Waals surface area contributed by atoms with Gasteiger partial charge in [-0.05, 0) is 54.5 Å². The van der Waals surface area contributed by atoms with Crippen molar-refractivity contribution in [1.82, 2.24) is 0 Å². The quantitative estimate of drug-likeness (QED) is 0.615. The maximum Gasteiger partial charge on any atom is 0.235 e. The van der Waals surface area contributed by atoms with E-state index < -0.39 is 0 Å². The molecule has 2 nitrogen and oxygen atoms in total. The Hall–Kier alpha value is -0.760. The Balaban J connectivity index is 1.92. The van der Waals surface area contributed by atoms with E-state index in [-0.39, 0.29) is 5.54 Å². The van der Waals surface area contributed by atoms with Crippen molar-refractivity contribution in [2.45, 2.75) is 37.1 Å². The first-order valence-corrected chi connectivity index (χ1v) is 8.25. The molecule has 100 valence electrons. The predicted molar refractivity (Wildman–Crippen MR) is 79.8 cm³/mol. The van der Waals surface area contributed by atoms with Crippen LogP contribution in [-0.4, -0.2) is 17.6 Å². The van der Waals surface area contributed by atoms with Crippen molar-refractivity contribution >= 4 is 29.4 Å². The molecule has 1 aromatic carbocycles. The van der Waals surface area contributed by atoms with Crippen LogP contribution in [0.3, 0.4) is 0 Å². The molecular weight excluding hydrogens is 278 g/mol. The number of rotatable bonds is 3. The fourth-order valence-corrected chi connectivity index (χ4v) is 4.57. The van der Waals surface area contributed by atoms with Gasteiger partial charge in [0, 0.05) is 10.8 Å². The number of halogens is 1. The Morgan fingerprint density at radius 1 is 1.42 bits per heavy atom. The minimum absolute atomic E-state index is 0.339. The molecule has 0 radical (unpaired) electrons. The summed E-state index contributed by atoms with van der Waals surface area (Å²) in [5.74, 6) is 2.97. The molecule has 1 saturated heterocycles. The monoisotopic (exact) mass is 293 g/mol. The highest BCUT2D eigenvalue weighted by atomic mass is 35.5. The second-order valence-corrected chi connectivity index (χ2v) is 6.94. The van der Waals surface area contributed by atoms with Crippen LogP contribution >= 0.6 is 23.4 Å². The number of aliphatic imine (C=N–C) groups is 1. The molecule has 1 atom stereocenters. The maximum atomic E-state index is 10.6. The number of carbonyl (C=O) groups excluding carboxylic acids is 1. The van der Waals surface area contributed by atoms with Gasteiger partial charge in [0.15, 0.2) is 0 Å². The topological polar surface area (TPSA) is 29.4 Å². The van der Waals surface area contributed by atoms with E-state index in [9.17, 15) is 4.79 Å². The molecule has 0 spiro atoms. The van der Waals surface area contributed by atoms with Gasteiger partial charge in [0.2, 0.25) is 6.08 Å². The molecule has 1 saturated carbocycles. The standard InChI is InChI=1S/C15H16ClNOS/c16-14-8-12(15(17-10-18)5-1-6-15)2-3-13(14)11-4-7-19-9-11/h2-3,8,11H,1,4-7,9H2. The summed E-state index contributed by atoms with van der Waals surface area (Å²) >= 11 is 8.44. The lowest BCUT2D eigenvalue weighted by Crippen LogP contribution is -2.31. The zero-order valence-electron chi connectivity index (χ0n) is 10.7. The Labute approximate surface area is 122 Å². The zero-order chi connectivity index (χ0) is 13.3. The van der Waals surface area contributed by atoms with Crippen LogP contribution in [-0.2, 0) is 10.3 Å². The Bertz CT molecular complexity index is 529. The average molecular weight is 294 g/mol. The summed E-state index contributed by atoms with van der Waals surface area (Å²) in [6.07, 6.45) is 5.91. The molecule has 0 N–H and O–H groups in total. The van der Waals surface area contributed by atoms with E-state index in [1.165, 1.54) is 17.7 Å². The molecule has 2 fully saturated rings. The fraction of sp³-hybridized carbons (Fsp3) is 0.533. The van der Waals surface area contributed by atoms with Gasteiger partial charge >= 0.3 is 0 Å². The summed E-state index contributed by atoms with van der Waals surface area (Å²) in [5, 5.41) is 0.831. The van der Waals surface area contributed by atoms with Gasteiger partial charge in [-0.25, -0.2) is 4.79 Å². The molecule has 4 heteroatoms. The normalized spacial score (nSPS) is 24.6. The highest BCUT2D eigenvalue weighted by Gasteiger charge is 2.39. The first kappa shape index (κ1) is 13.2. The van der Waals surface area contributed by atoms with E-state index >= 15 is 0 Å². The number of benzene rings is 1. The van der Waals surface area contributed by atoms with Gasteiger partial charge in [-0.2, -0.15) is 16.8 Å². The Morgan fingerprint density at radius 2 is 2.26 bits per heavy atom. The molecule has 1 heterocycles. The van der Waals surface area contributed by atoms with Crippen molar-refractivity contribution in [2.24, 2.45) is 4.99 Å². The van der Waals surface area contributed by atoms with Gasteiger partial charge in [0.1, 0.15) is 0 Å². The van der Waals surface area contributed by atoms with Crippen LogP contribution in [0.4, 0.5) is 0 Å². The second kappa shape index (κ2) is 5.32. The lowest BCUT2D eigenvalue weighted by molar-refractivity contribution is 0.256. The average Bonchev–Trinajstić information content (AvgIpc) is 2.87. The molecule has 1 aromatic rings. The molecule has 1 aliphatic heterocycles. The van der Waals surface area contributed by atoms with Crippen molar-refractivity contribution in [3.63, 3.8) is 0 Å². The molecule has 0 aromatic heterocycles. The van der Waals surface area contributed by atoms with Crippen LogP contribution in [0.2, 0.25) is 5.02 Å². The smallest absolute Gasteiger partial charge is 0.211 e. The van der Waals surface area contributed by atoms with Gasteiger partial charge in [-0.1, -0.05) is 23.7 Å². The van der Waals surface area contributed by atoms with E-state index in [1.54, 1.807) is 6.08 Å². The third-order valence-electron chi connectivity index (χ3n) is 4.35. The minimum Gasteiger partial charge on any atom is -0.211 e. The molecule has 0 amide bonds. The molecule has 19 heavy (non-hydrogen) atoms. The van der Waals surface area contributed by atoms with E-state index in [4.69, 9.17) is 11.6 Å². The van der Waals surface area contributed by atoms with Crippen molar-refractivity contribution in [2.75, 3.05) is 11.5 Å². The van der Waals surface area contributed by atoms with E-state index in [0.717, 1.165) is 35.6 Å². The van der Waals surface area contributed by atoms with Crippen molar-refractivity contribution in [3.8, 4) is 0 Å². The van der Waals surface area contributed by atoms with Crippen molar-refractivity contribution in [3.05, 3.63) is 34.3 Å². The van der Waals surface area contributed by atoms with Crippen LogP contribution in [0.5, 0.6) is 0 Å². The number of nitrogens with zero attached hydrogens (tertiary/aromatic N) is 1. The molecule has 2 aliphatic rings. The van der Waals surface area contributed by atoms with E-state index in [0.29, 0.717) is 5.92 Å². The Morgan fingerprint density at radius 3 is 2.79 bits per heavy atom. The van der Waals surface area contributed by atoms with Gasteiger partial charge in [-0.15, -0.1) is 0 Å². The van der Waals surface area contributed by atoms with Gasteiger partial charge in [-0.3, -0.25) is 0 Å². The summed E-state index contributed by atoms with van der Waals surface area (Å²) in [5.41, 5.74) is 1.98. The fourth-order valence-electron chi connectivity index (χ4n) is 2.99. The van der Waals surface area contributed by atoms with Gasteiger partial charge in [0.05, 0.1) is 5.54 Å². The lowest BCUT2D eigenvalue weighted by atomic mass is 9.72. The predicted octanol–water partition coefficient (Wildman–Crippen LogP) is 4.28. The Kier molecular flexibility index (Phi) is 3.70. The van der Waals surface area contributed by atoms with Gasteiger partial charge < -0.3 is 0 Å². The molecule has 3 rings (SSSR count). The summed E-state index contributed by atoms with van der Waals surface area (Å²) in [4.78, 5) is 14.7. The van der Waals surface area contributed by atoms with Crippen molar-refractivity contribution < 1.29 is 4.79 Å². The summed E-state index contributed by atoms with van der Waals surface area (Å²) in [6.45, 7) is 0. The third kappa shape index (κ3) is 2.35. The third-order valence-corrected chi connectivity index (χ3v) is 5.84. The highest BCUT2D eigenvalue weighted by Crippen LogP contribution is 2.46. The van der Waals surface area contributed by atoms with Crippen LogP contribution in [0.1, 0.15) is 42.7 Å². The van der Waals surface area contributed by atoms with Crippen molar-refractivity contribution in [1.29, 1.82) is 0 Å². The minimum atomic E-state index is -0.339. The second-order valence-electron chi connectivity index (χ2n) is 5.39. The maximum absolute atomic E-state index is 10.6. The SMILES string of the molecule is O=C=NC1(c2ccc(C3CCSC3)c(Cl)c2)CCC1. The number of hydrogen-bond donors (Lipinski definition) is 0. The summed E-state index contributed by atoms with van der Waals surface area (Å²) in [6, 6.07) is 6.25. The number of thioether (sulfide) groups is 1. The first-order valence-electron chi connectivity index (χ1n) is 6.72. The molecule has 0 bridgehead atoms. The molecular formula is C15H16ClNOS. The summed E-state index contributed by atoms with van der Waals surface area (Å²) < 4.78 is 0. The van der Waals surface area contributed by atoms with Crippen LogP contribution < -0.4 is 0 Å². The molecule has 1 unspecified atom stereocenters.